The van der Waals surface area contributed by atoms with Gasteiger partial charge in [0, 0.05) is 13.0 Å². The summed E-state index contributed by atoms with van der Waals surface area (Å²) in [5, 5.41) is 4.70. The van der Waals surface area contributed by atoms with Crippen molar-refractivity contribution < 1.29 is 4.90 Å². The quantitative estimate of drug-likeness (QED) is 0.362. The van der Waals surface area contributed by atoms with E-state index in [-0.39, 0.29) is 0 Å². The summed E-state index contributed by atoms with van der Waals surface area (Å²) < 4.78 is 0. The molecule has 1 aromatic carbocycles. The minimum atomic E-state index is 0.501. The first-order valence-corrected chi connectivity index (χ1v) is 7.19. The summed E-state index contributed by atoms with van der Waals surface area (Å²) in [6.45, 7) is 1.95. The maximum absolute atomic E-state index is 5.91. The Balaban J connectivity index is 2.24. The number of anilines is 1. The Morgan fingerprint density at radius 1 is 1.26 bits per heavy atom. The van der Waals surface area contributed by atoms with Crippen molar-refractivity contribution in [3.8, 4) is 0 Å². The molecule has 0 radical (unpaired) electrons. The molecule has 0 saturated heterocycles. The fraction of sp³-hybridized carbons (Fsp3) is 0.417. The van der Waals surface area contributed by atoms with Crippen molar-refractivity contribution in [2.24, 2.45) is 0 Å². The Bertz CT molecular complexity index is 426. The first-order valence-electron chi connectivity index (χ1n) is 6.03. The van der Waals surface area contributed by atoms with E-state index in [9.17, 15) is 0 Å². The van der Waals surface area contributed by atoms with Gasteiger partial charge in [-0.25, -0.2) is 0 Å². The Morgan fingerprint density at radius 2 is 2.00 bits per heavy atom. The number of hydrogen-bond donors (Lipinski definition) is 4. The summed E-state index contributed by atoms with van der Waals surface area (Å²) in [6.07, 6.45) is 1.07. The summed E-state index contributed by atoms with van der Waals surface area (Å²) in [5.41, 5.74) is 6.66. The number of quaternary nitrogens is 1. The Morgan fingerprint density at radius 3 is 2.63 bits per heavy atom. The molecule has 1 aromatic rings. The number of halogens is 2. The van der Waals surface area contributed by atoms with E-state index in [0.29, 0.717) is 15.2 Å². The molecule has 0 aliphatic carbocycles. The van der Waals surface area contributed by atoms with Crippen LogP contribution in [0.25, 0.3) is 0 Å². The van der Waals surface area contributed by atoms with E-state index < -0.39 is 0 Å². The fourth-order valence-corrected chi connectivity index (χ4v) is 1.84. The van der Waals surface area contributed by atoms with E-state index in [1.807, 2.05) is 6.07 Å². The topological polar surface area (TPSA) is 40.5 Å². The van der Waals surface area contributed by atoms with E-state index in [4.69, 9.17) is 35.4 Å². The predicted molar refractivity (Wildman–Crippen MR) is 86.1 cm³/mol. The second kappa shape index (κ2) is 8.43. The third kappa shape index (κ3) is 6.82. The highest BCUT2D eigenvalue weighted by molar-refractivity contribution is 7.80. The summed E-state index contributed by atoms with van der Waals surface area (Å²) in [4.78, 5) is 1.43. The van der Waals surface area contributed by atoms with Gasteiger partial charge < -0.3 is 10.2 Å². The van der Waals surface area contributed by atoms with Crippen molar-refractivity contribution in [3.63, 3.8) is 0 Å². The van der Waals surface area contributed by atoms with Crippen LogP contribution in [0.3, 0.4) is 0 Å². The molecule has 0 amide bonds. The highest BCUT2D eigenvalue weighted by Gasteiger charge is 2.00. The molecule has 0 aromatic heterocycles. The first-order chi connectivity index (χ1) is 8.99. The van der Waals surface area contributed by atoms with Gasteiger partial charge in [0.05, 0.1) is 36.4 Å². The molecule has 4 nitrogen and oxygen atoms in total. The molecular weight excluding hydrogens is 303 g/mol. The zero-order valence-electron chi connectivity index (χ0n) is 11.0. The normalized spacial score (nSPS) is 10.4. The van der Waals surface area contributed by atoms with Crippen LogP contribution in [0.4, 0.5) is 5.69 Å². The molecule has 0 bridgehead atoms. The molecule has 19 heavy (non-hydrogen) atoms. The van der Waals surface area contributed by atoms with Crippen molar-refractivity contribution in [1.82, 2.24) is 10.7 Å². The van der Waals surface area contributed by atoms with Gasteiger partial charge in [-0.3, -0.25) is 10.9 Å². The van der Waals surface area contributed by atoms with Gasteiger partial charge in [0.25, 0.3) is 0 Å². The van der Waals surface area contributed by atoms with Crippen molar-refractivity contribution in [2.75, 3.05) is 32.6 Å². The smallest absolute Gasteiger partial charge is 0.185 e. The molecular formula is C12H19Cl2N4S+. The van der Waals surface area contributed by atoms with E-state index in [2.05, 4.69) is 30.3 Å². The van der Waals surface area contributed by atoms with Crippen LogP contribution in [-0.2, 0) is 0 Å². The maximum Gasteiger partial charge on any atom is 0.185 e. The van der Waals surface area contributed by atoms with Crippen molar-refractivity contribution in [3.05, 3.63) is 28.2 Å². The molecule has 106 valence electrons. The lowest BCUT2D eigenvalue weighted by molar-refractivity contribution is -0.858. The molecule has 4 N–H and O–H groups in total. The Kier molecular flexibility index (Phi) is 7.23. The summed E-state index contributed by atoms with van der Waals surface area (Å²) in [7, 11) is 4.25. The molecule has 0 spiro atoms. The monoisotopic (exact) mass is 321 g/mol. The molecule has 7 heteroatoms. The van der Waals surface area contributed by atoms with E-state index in [1.54, 1.807) is 12.1 Å². The van der Waals surface area contributed by atoms with Gasteiger partial charge >= 0.3 is 0 Å². The van der Waals surface area contributed by atoms with Gasteiger partial charge in [-0.1, -0.05) is 23.2 Å². The Labute approximate surface area is 129 Å². The molecule has 0 saturated carbocycles. The van der Waals surface area contributed by atoms with Gasteiger partial charge in [0.1, 0.15) is 0 Å². The van der Waals surface area contributed by atoms with Gasteiger partial charge in [-0.15, -0.1) is 0 Å². The average molecular weight is 322 g/mol. The number of nitrogens with one attached hydrogen (secondary N) is 4. The molecule has 0 unspecified atom stereocenters. The molecule has 0 heterocycles. The lowest BCUT2D eigenvalue weighted by atomic mass is 10.3. The van der Waals surface area contributed by atoms with Crippen LogP contribution in [0.2, 0.25) is 10.0 Å². The lowest BCUT2D eigenvalue weighted by Crippen LogP contribution is -3.05. The number of hydrazine groups is 1. The SMILES string of the molecule is C[NH+](C)CCCNC(=S)NNc1ccc(Cl)c(Cl)c1. The van der Waals surface area contributed by atoms with Gasteiger partial charge in [0.15, 0.2) is 5.11 Å². The highest BCUT2D eigenvalue weighted by atomic mass is 35.5. The fourth-order valence-electron chi connectivity index (χ4n) is 1.39. The summed E-state index contributed by atoms with van der Waals surface area (Å²) >= 11 is 16.9. The maximum atomic E-state index is 5.91. The number of thiocarbonyl (C=S) groups is 1. The van der Waals surface area contributed by atoms with Crippen molar-refractivity contribution in [2.45, 2.75) is 6.42 Å². The second-order valence-corrected chi connectivity index (χ2v) is 5.67. The predicted octanol–water partition coefficient (Wildman–Crippen LogP) is 1.32. The molecule has 0 fully saturated rings. The van der Waals surface area contributed by atoms with Crippen LogP contribution >= 0.6 is 35.4 Å². The molecule has 1 rings (SSSR count). The van der Waals surface area contributed by atoms with E-state index in [0.717, 1.165) is 25.2 Å². The zero-order chi connectivity index (χ0) is 14.3. The highest BCUT2D eigenvalue weighted by Crippen LogP contribution is 2.24. The number of hydrogen-bond acceptors (Lipinski definition) is 2. The van der Waals surface area contributed by atoms with Gasteiger partial charge in [-0.05, 0) is 30.4 Å². The van der Waals surface area contributed by atoms with Gasteiger partial charge in [0.2, 0.25) is 0 Å². The van der Waals surface area contributed by atoms with E-state index >= 15 is 0 Å². The summed E-state index contributed by atoms with van der Waals surface area (Å²) in [5.74, 6) is 0. The van der Waals surface area contributed by atoms with Crippen molar-refractivity contribution in [1.29, 1.82) is 0 Å². The van der Waals surface area contributed by atoms with Gasteiger partial charge in [-0.2, -0.15) is 0 Å². The third-order valence-corrected chi connectivity index (χ3v) is 3.36. The minimum Gasteiger partial charge on any atom is -0.361 e. The van der Waals surface area contributed by atoms with Crippen LogP contribution in [0.15, 0.2) is 18.2 Å². The van der Waals surface area contributed by atoms with Crippen LogP contribution in [0, 0.1) is 0 Å². The van der Waals surface area contributed by atoms with Crippen LogP contribution in [0.5, 0.6) is 0 Å². The summed E-state index contributed by atoms with van der Waals surface area (Å²) in [6, 6.07) is 5.28. The number of benzene rings is 1. The largest absolute Gasteiger partial charge is 0.361 e. The molecule has 0 atom stereocenters. The van der Waals surface area contributed by atoms with Crippen LogP contribution in [0.1, 0.15) is 6.42 Å². The molecule has 0 aliphatic rings. The number of rotatable bonds is 6. The lowest BCUT2D eigenvalue weighted by Gasteiger charge is -2.13. The minimum absolute atomic E-state index is 0.501. The zero-order valence-corrected chi connectivity index (χ0v) is 13.3. The van der Waals surface area contributed by atoms with Crippen molar-refractivity contribution >= 4 is 46.2 Å². The standard InChI is InChI=1S/C12H18Cl2N4S/c1-18(2)7-3-6-15-12(19)17-16-9-4-5-10(13)11(14)8-9/h4-5,8,16H,3,6-7H2,1-2H3,(H2,15,17,19)/p+1. The van der Waals surface area contributed by atoms with Crippen LogP contribution in [-0.4, -0.2) is 32.3 Å². The average Bonchev–Trinajstić information content (AvgIpc) is 2.36. The van der Waals surface area contributed by atoms with E-state index in [1.165, 1.54) is 4.90 Å². The third-order valence-electron chi connectivity index (χ3n) is 2.38. The second-order valence-electron chi connectivity index (χ2n) is 4.45. The first kappa shape index (κ1) is 16.3. The van der Waals surface area contributed by atoms with Crippen LogP contribution < -0.4 is 21.1 Å². The Hall–Kier alpha value is -0.750. The molecule has 0 aliphatic heterocycles.